The van der Waals surface area contributed by atoms with Gasteiger partial charge >= 0.3 is 5.97 Å². The molecule has 0 aromatic heterocycles. The Labute approximate surface area is 188 Å². The molecule has 0 spiro atoms. The predicted molar refractivity (Wildman–Crippen MR) is 129 cm³/mol. The lowest BCUT2D eigenvalue weighted by Crippen LogP contribution is -2.44. The minimum Gasteiger partial charge on any atom is -0.480 e. The molecule has 4 rings (SSSR count). The smallest absolute Gasteiger partial charge is 0.326 e. The van der Waals surface area contributed by atoms with Crippen molar-refractivity contribution in [3.63, 3.8) is 0 Å². The number of nitrogens with zero attached hydrogens (tertiary/aromatic N) is 1. The van der Waals surface area contributed by atoms with Gasteiger partial charge in [0.15, 0.2) is 0 Å². The van der Waals surface area contributed by atoms with Crippen molar-refractivity contribution in [2.24, 2.45) is 5.92 Å². The summed E-state index contributed by atoms with van der Waals surface area (Å²) in [5.74, 6) is -1.53. The summed E-state index contributed by atoms with van der Waals surface area (Å²) in [6, 6.07) is 27.7. The lowest BCUT2D eigenvalue weighted by atomic mass is 9.87. The predicted octanol–water partition coefficient (Wildman–Crippen LogP) is 5.33. The fraction of sp³-hybridized carbons (Fsp3) is 0.214. The van der Waals surface area contributed by atoms with Crippen molar-refractivity contribution in [1.29, 1.82) is 0 Å². The molecule has 1 atom stereocenters. The van der Waals surface area contributed by atoms with Crippen molar-refractivity contribution in [2.45, 2.75) is 25.8 Å². The summed E-state index contributed by atoms with van der Waals surface area (Å²) in [6.45, 7) is 1.55. The minimum absolute atomic E-state index is 0.152. The second-order valence-electron chi connectivity index (χ2n) is 8.35. The molecule has 0 aliphatic rings. The lowest BCUT2D eigenvalue weighted by Gasteiger charge is -2.27. The first-order valence-electron chi connectivity index (χ1n) is 10.9. The molecule has 1 N–H and O–H groups in total. The van der Waals surface area contributed by atoms with E-state index in [0.717, 1.165) is 32.7 Å². The van der Waals surface area contributed by atoms with E-state index in [9.17, 15) is 14.7 Å². The zero-order valence-electron chi connectivity index (χ0n) is 18.4. The van der Waals surface area contributed by atoms with E-state index in [1.54, 1.807) is 14.0 Å². The van der Waals surface area contributed by atoms with E-state index < -0.39 is 12.0 Å². The maximum Gasteiger partial charge on any atom is 0.326 e. The van der Waals surface area contributed by atoms with Crippen LogP contribution in [0.2, 0.25) is 0 Å². The van der Waals surface area contributed by atoms with Crippen LogP contribution in [-0.4, -0.2) is 35.0 Å². The van der Waals surface area contributed by atoms with Gasteiger partial charge < -0.3 is 10.0 Å². The molecule has 0 heterocycles. The summed E-state index contributed by atoms with van der Waals surface area (Å²) in [6.07, 6.45) is 1.08. The number of aliphatic carboxylic acids is 1. The van der Waals surface area contributed by atoms with E-state index in [2.05, 4.69) is 48.5 Å². The Balaban J connectivity index is 1.74. The number of fused-ring (bicyclic) bond motifs is 2. The first-order chi connectivity index (χ1) is 15.5. The number of carboxylic acid groups (broad SMARTS) is 1. The third-order valence-electron chi connectivity index (χ3n) is 6.33. The highest BCUT2D eigenvalue weighted by atomic mass is 16.4. The van der Waals surface area contributed by atoms with Crippen molar-refractivity contribution in [1.82, 2.24) is 4.90 Å². The number of carboxylic acids is 1. The van der Waals surface area contributed by atoms with E-state index in [4.69, 9.17) is 0 Å². The summed E-state index contributed by atoms with van der Waals surface area (Å²) < 4.78 is 0. The molecule has 162 valence electrons. The van der Waals surface area contributed by atoms with Gasteiger partial charge in [0.1, 0.15) is 6.04 Å². The van der Waals surface area contributed by atoms with E-state index in [1.807, 2.05) is 36.4 Å². The van der Waals surface area contributed by atoms with E-state index >= 15 is 0 Å². The largest absolute Gasteiger partial charge is 0.480 e. The van der Waals surface area contributed by atoms with Crippen LogP contribution in [-0.2, 0) is 22.4 Å². The van der Waals surface area contributed by atoms with E-state index in [0.29, 0.717) is 12.8 Å². The van der Waals surface area contributed by atoms with Crippen LogP contribution in [0.4, 0.5) is 0 Å². The minimum atomic E-state index is -1.00. The second kappa shape index (κ2) is 9.23. The highest BCUT2D eigenvalue weighted by molar-refractivity contribution is 5.89. The van der Waals surface area contributed by atoms with Gasteiger partial charge in [0.25, 0.3) is 0 Å². The van der Waals surface area contributed by atoms with Crippen molar-refractivity contribution < 1.29 is 14.7 Å². The van der Waals surface area contributed by atoms with Crippen LogP contribution in [0.1, 0.15) is 18.1 Å². The molecule has 1 unspecified atom stereocenters. The van der Waals surface area contributed by atoms with E-state index in [1.165, 1.54) is 4.90 Å². The molecule has 0 bridgehead atoms. The first-order valence-corrected chi connectivity index (χ1v) is 10.9. The number of rotatable bonds is 7. The molecule has 0 saturated carbocycles. The normalized spacial score (nSPS) is 12.2. The topological polar surface area (TPSA) is 57.6 Å². The number of hydrogen-bond donors (Lipinski definition) is 1. The summed E-state index contributed by atoms with van der Waals surface area (Å²) in [4.78, 5) is 26.4. The SMILES string of the molecule is CC(C(=O)O)N(C)C(=O)C(Cc1cccc2ccccc12)Cc1cccc2ccccc12. The number of carbonyl (C=O) groups is 2. The molecule has 0 fully saturated rings. The fourth-order valence-corrected chi connectivity index (χ4v) is 4.36. The molecule has 4 nitrogen and oxygen atoms in total. The van der Waals surface area contributed by atoms with Crippen LogP contribution in [0, 0.1) is 5.92 Å². The molecule has 32 heavy (non-hydrogen) atoms. The molecule has 0 aliphatic heterocycles. The number of amides is 1. The van der Waals surface area contributed by atoms with Crippen molar-refractivity contribution in [3.05, 3.63) is 96.1 Å². The molecule has 0 saturated heterocycles. The third kappa shape index (κ3) is 4.35. The molecule has 1 amide bonds. The first kappa shape index (κ1) is 21.6. The van der Waals surface area contributed by atoms with Crippen LogP contribution in [0.3, 0.4) is 0 Å². The summed E-state index contributed by atoms with van der Waals surface area (Å²) in [7, 11) is 1.58. The average molecular weight is 426 g/mol. The van der Waals surface area contributed by atoms with Crippen LogP contribution in [0.15, 0.2) is 84.9 Å². The number of likely N-dealkylation sites (N-methyl/N-ethyl adjacent to an activating group) is 1. The molecular weight excluding hydrogens is 398 g/mol. The molecule has 0 radical (unpaired) electrons. The van der Waals surface area contributed by atoms with E-state index in [-0.39, 0.29) is 11.8 Å². The zero-order chi connectivity index (χ0) is 22.7. The van der Waals surface area contributed by atoms with Gasteiger partial charge in [-0.15, -0.1) is 0 Å². The standard InChI is InChI=1S/C28H27NO3/c1-19(28(31)32)29(2)27(30)24(17-22-13-7-11-20-9-3-5-15-25(20)22)18-23-14-8-12-21-10-4-6-16-26(21)23/h3-16,19,24H,17-18H2,1-2H3,(H,31,32). The molecular formula is C28H27NO3. The van der Waals surface area contributed by atoms with Crippen LogP contribution >= 0.6 is 0 Å². The van der Waals surface area contributed by atoms with Gasteiger partial charge in [-0.3, -0.25) is 4.79 Å². The summed E-state index contributed by atoms with van der Waals surface area (Å²) >= 11 is 0. The van der Waals surface area contributed by atoms with Gasteiger partial charge in [-0.2, -0.15) is 0 Å². The highest BCUT2D eigenvalue weighted by Gasteiger charge is 2.29. The molecule has 4 aromatic rings. The molecule has 0 aliphatic carbocycles. The van der Waals surface area contributed by atoms with Crippen molar-refractivity contribution in [3.8, 4) is 0 Å². The fourth-order valence-electron chi connectivity index (χ4n) is 4.36. The van der Waals surface area contributed by atoms with Crippen molar-refractivity contribution >= 4 is 33.4 Å². The monoisotopic (exact) mass is 425 g/mol. The van der Waals surface area contributed by atoms with Gasteiger partial charge in [-0.25, -0.2) is 4.79 Å². The quantitative estimate of drug-likeness (QED) is 0.436. The van der Waals surface area contributed by atoms with Crippen LogP contribution < -0.4 is 0 Å². The second-order valence-corrected chi connectivity index (χ2v) is 8.35. The number of hydrogen-bond acceptors (Lipinski definition) is 2. The van der Waals surface area contributed by atoms with Crippen LogP contribution in [0.25, 0.3) is 21.5 Å². The number of benzene rings is 4. The highest BCUT2D eigenvalue weighted by Crippen LogP contribution is 2.27. The Morgan fingerprint density at radius 2 is 1.19 bits per heavy atom. The summed E-state index contributed by atoms with van der Waals surface area (Å²) in [5, 5.41) is 14.0. The van der Waals surface area contributed by atoms with Crippen LogP contribution in [0.5, 0.6) is 0 Å². The maximum atomic E-state index is 13.5. The Morgan fingerprint density at radius 3 is 1.66 bits per heavy atom. The van der Waals surface area contributed by atoms with Gasteiger partial charge in [-0.05, 0) is 52.4 Å². The Kier molecular flexibility index (Phi) is 6.22. The van der Waals surface area contributed by atoms with Gasteiger partial charge in [0.05, 0.1) is 0 Å². The van der Waals surface area contributed by atoms with Gasteiger partial charge in [-0.1, -0.05) is 84.9 Å². The maximum absolute atomic E-state index is 13.5. The Bertz CT molecular complexity index is 1190. The molecule has 4 aromatic carbocycles. The van der Waals surface area contributed by atoms with Crippen molar-refractivity contribution in [2.75, 3.05) is 7.05 Å². The molecule has 4 heteroatoms. The van der Waals surface area contributed by atoms with Gasteiger partial charge in [0.2, 0.25) is 5.91 Å². The Morgan fingerprint density at radius 1 is 0.750 bits per heavy atom. The number of carbonyl (C=O) groups excluding carboxylic acids is 1. The average Bonchev–Trinajstić information content (AvgIpc) is 2.82. The third-order valence-corrected chi connectivity index (χ3v) is 6.33. The van der Waals surface area contributed by atoms with Gasteiger partial charge in [0, 0.05) is 13.0 Å². The Hall–Kier alpha value is -3.66. The summed E-state index contributed by atoms with van der Waals surface area (Å²) in [5.41, 5.74) is 2.19. The zero-order valence-corrected chi connectivity index (χ0v) is 18.4. The lowest BCUT2D eigenvalue weighted by molar-refractivity contribution is -0.149.